The molecule has 1 aromatic carbocycles. The van der Waals surface area contributed by atoms with E-state index in [0.29, 0.717) is 0 Å². The zero-order valence-electron chi connectivity index (χ0n) is 11.0. The molecule has 0 aliphatic carbocycles. The Morgan fingerprint density at radius 2 is 1.44 bits per heavy atom. The predicted octanol–water partition coefficient (Wildman–Crippen LogP) is 3.38. The Hall–Kier alpha value is -1.18. The second kappa shape index (κ2) is 6.41. The molecule has 0 N–H and O–H groups in total. The summed E-state index contributed by atoms with van der Waals surface area (Å²) in [5.41, 5.74) is 2.56. The number of nitrogens with zero attached hydrogens (tertiary/aromatic N) is 2. The van der Waals surface area contributed by atoms with Crippen LogP contribution in [0, 0.1) is 0 Å². The quantitative estimate of drug-likeness (QED) is 0.678. The molecule has 0 aliphatic rings. The molecule has 1 aromatic rings. The highest BCUT2D eigenvalue weighted by atomic mass is 15.1. The van der Waals surface area contributed by atoms with Gasteiger partial charge in [-0.15, -0.1) is 0 Å². The lowest BCUT2D eigenvalue weighted by Crippen LogP contribution is -2.18. The highest BCUT2D eigenvalue weighted by Gasteiger charge is 2.01. The zero-order valence-corrected chi connectivity index (χ0v) is 11.0. The fraction of sp³-hybridized carbons (Fsp3) is 0.571. The first kappa shape index (κ1) is 12.9. The molecule has 0 aliphatic heterocycles. The van der Waals surface area contributed by atoms with Crippen LogP contribution in [-0.4, -0.2) is 27.7 Å². The molecule has 0 atom stereocenters. The van der Waals surface area contributed by atoms with Crippen LogP contribution in [0.4, 0.5) is 11.4 Å². The van der Waals surface area contributed by atoms with Crippen LogP contribution in [0.2, 0.25) is 0 Å². The molecule has 90 valence electrons. The molecule has 0 unspecified atom stereocenters. The molecule has 0 bridgehead atoms. The summed E-state index contributed by atoms with van der Waals surface area (Å²) < 4.78 is 0. The first-order valence-electron chi connectivity index (χ1n) is 6.13. The monoisotopic (exact) mass is 220 g/mol. The topological polar surface area (TPSA) is 6.48 Å². The fourth-order valence-electron chi connectivity index (χ4n) is 1.73. The summed E-state index contributed by atoms with van der Waals surface area (Å²) in [6, 6.07) is 8.74. The molecule has 0 saturated heterocycles. The molecule has 0 radical (unpaired) electrons. The first-order chi connectivity index (χ1) is 7.65. The van der Waals surface area contributed by atoms with Crippen LogP contribution in [0.5, 0.6) is 0 Å². The van der Waals surface area contributed by atoms with Crippen molar-refractivity contribution in [2.75, 3.05) is 37.5 Å². The van der Waals surface area contributed by atoms with Gasteiger partial charge in [0.15, 0.2) is 0 Å². The van der Waals surface area contributed by atoms with Crippen LogP contribution in [0.25, 0.3) is 0 Å². The summed E-state index contributed by atoms with van der Waals surface area (Å²) >= 11 is 0. The second-order valence-corrected chi connectivity index (χ2v) is 4.54. The normalized spacial score (nSPS) is 10.2. The van der Waals surface area contributed by atoms with Crippen molar-refractivity contribution in [1.82, 2.24) is 0 Å². The van der Waals surface area contributed by atoms with Crippen LogP contribution in [0.1, 0.15) is 26.2 Å². The number of anilines is 2. The molecular weight excluding hydrogens is 196 g/mol. The highest BCUT2D eigenvalue weighted by Crippen LogP contribution is 2.18. The van der Waals surface area contributed by atoms with Gasteiger partial charge >= 0.3 is 0 Å². The number of hydrogen-bond acceptors (Lipinski definition) is 2. The molecule has 1 rings (SSSR count). The van der Waals surface area contributed by atoms with Crippen molar-refractivity contribution in [3.8, 4) is 0 Å². The second-order valence-electron chi connectivity index (χ2n) is 4.54. The van der Waals surface area contributed by atoms with E-state index < -0.39 is 0 Å². The summed E-state index contributed by atoms with van der Waals surface area (Å²) in [5.74, 6) is 0. The maximum atomic E-state index is 2.33. The molecular formula is C14H24N2. The van der Waals surface area contributed by atoms with E-state index in [1.165, 1.54) is 30.6 Å². The van der Waals surface area contributed by atoms with Crippen molar-refractivity contribution >= 4 is 11.4 Å². The predicted molar refractivity (Wildman–Crippen MR) is 73.6 cm³/mol. The summed E-state index contributed by atoms with van der Waals surface area (Å²) in [6.07, 6.45) is 3.88. The third-order valence-corrected chi connectivity index (χ3v) is 2.90. The molecule has 16 heavy (non-hydrogen) atoms. The lowest BCUT2D eigenvalue weighted by molar-refractivity contribution is 0.705. The van der Waals surface area contributed by atoms with Crippen molar-refractivity contribution in [2.45, 2.75) is 26.2 Å². The molecule has 0 aromatic heterocycles. The van der Waals surface area contributed by atoms with Crippen molar-refractivity contribution in [1.29, 1.82) is 0 Å². The van der Waals surface area contributed by atoms with Crippen LogP contribution >= 0.6 is 0 Å². The van der Waals surface area contributed by atoms with E-state index in [4.69, 9.17) is 0 Å². The average molecular weight is 220 g/mol. The Balaban J connectivity index is 2.52. The summed E-state index contributed by atoms with van der Waals surface area (Å²) in [5, 5.41) is 0. The van der Waals surface area contributed by atoms with Crippen LogP contribution in [0.15, 0.2) is 24.3 Å². The van der Waals surface area contributed by atoms with Gasteiger partial charge in [-0.2, -0.15) is 0 Å². The third kappa shape index (κ3) is 3.76. The highest BCUT2D eigenvalue weighted by molar-refractivity contribution is 5.55. The number of rotatable bonds is 6. The van der Waals surface area contributed by atoms with E-state index in [9.17, 15) is 0 Å². The molecule has 0 amide bonds. The molecule has 0 saturated carbocycles. The summed E-state index contributed by atoms with van der Waals surface area (Å²) in [6.45, 7) is 3.39. The van der Waals surface area contributed by atoms with E-state index in [0.717, 1.165) is 6.54 Å². The van der Waals surface area contributed by atoms with Gasteiger partial charge in [0, 0.05) is 39.1 Å². The van der Waals surface area contributed by atoms with E-state index in [-0.39, 0.29) is 0 Å². The minimum atomic E-state index is 1.15. The van der Waals surface area contributed by atoms with Gasteiger partial charge in [0.2, 0.25) is 0 Å². The Morgan fingerprint density at radius 3 is 1.94 bits per heavy atom. The van der Waals surface area contributed by atoms with Crippen molar-refractivity contribution in [3.63, 3.8) is 0 Å². The van der Waals surface area contributed by atoms with E-state index in [1.807, 2.05) is 0 Å². The molecule has 0 spiro atoms. The van der Waals surface area contributed by atoms with Crippen LogP contribution in [0.3, 0.4) is 0 Å². The van der Waals surface area contributed by atoms with Gasteiger partial charge in [0.1, 0.15) is 0 Å². The van der Waals surface area contributed by atoms with Gasteiger partial charge < -0.3 is 9.80 Å². The Bertz CT molecular complexity index is 290. The number of benzene rings is 1. The smallest absolute Gasteiger partial charge is 0.0365 e. The molecule has 2 heteroatoms. The average Bonchev–Trinajstić information content (AvgIpc) is 2.29. The Morgan fingerprint density at radius 1 is 0.875 bits per heavy atom. The van der Waals surface area contributed by atoms with Gasteiger partial charge in [-0.05, 0) is 30.7 Å². The fourth-order valence-corrected chi connectivity index (χ4v) is 1.73. The lowest BCUT2D eigenvalue weighted by atomic mass is 10.2. The van der Waals surface area contributed by atoms with Crippen molar-refractivity contribution in [3.05, 3.63) is 24.3 Å². The first-order valence-corrected chi connectivity index (χ1v) is 6.13. The number of unbranched alkanes of at least 4 members (excludes halogenated alkanes) is 2. The standard InChI is InChI=1S/C14H24N2/c1-5-6-7-12-16(4)14-10-8-13(9-11-14)15(2)3/h8-11H,5-7,12H2,1-4H3. The largest absolute Gasteiger partial charge is 0.378 e. The van der Waals surface area contributed by atoms with Gasteiger partial charge in [-0.25, -0.2) is 0 Å². The summed E-state index contributed by atoms with van der Waals surface area (Å²) in [7, 11) is 6.31. The summed E-state index contributed by atoms with van der Waals surface area (Å²) in [4.78, 5) is 4.45. The van der Waals surface area contributed by atoms with E-state index in [1.54, 1.807) is 0 Å². The van der Waals surface area contributed by atoms with Gasteiger partial charge in [0.05, 0.1) is 0 Å². The Kier molecular flexibility index (Phi) is 5.17. The van der Waals surface area contributed by atoms with E-state index >= 15 is 0 Å². The van der Waals surface area contributed by atoms with Crippen molar-refractivity contribution < 1.29 is 0 Å². The van der Waals surface area contributed by atoms with Gasteiger partial charge in [-0.3, -0.25) is 0 Å². The Labute approximate surface area is 99.9 Å². The minimum Gasteiger partial charge on any atom is -0.378 e. The van der Waals surface area contributed by atoms with Gasteiger partial charge in [0.25, 0.3) is 0 Å². The zero-order chi connectivity index (χ0) is 12.0. The maximum absolute atomic E-state index is 2.33. The van der Waals surface area contributed by atoms with E-state index in [2.05, 4.69) is 62.1 Å². The van der Waals surface area contributed by atoms with Crippen molar-refractivity contribution in [2.24, 2.45) is 0 Å². The minimum absolute atomic E-state index is 1.15. The third-order valence-electron chi connectivity index (χ3n) is 2.90. The molecule has 0 heterocycles. The molecule has 2 nitrogen and oxygen atoms in total. The lowest BCUT2D eigenvalue weighted by Gasteiger charge is -2.20. The molecule has 0 fully saturated rings. The maximum Gasteiger partial charge on any atom is 0.0365 e. The SMILES string of the molecule is CCCCCN(C)c1ccc(N(C)C)cc1. The van der Waals surface area contributed by atoms with Gasteiger partial charge in [-0.1, -0.05) is 19.8 Å². The van der Waals surface area contributed by atoms with Crippen LogP contribution < -0.4 is 9.80 Å². The van der Waals surface area contributed by atoms with Crippen LogP contribution in [-0.2, 0) is 0 Å². The number of hydrogen-bond donors (Lipinski definition) is 0.